The van der Waals surface area contributed by atoms with Crippen LogP contribution in [0.4, 0.5) is 0 Å². The molecule has 4 nitrogen and oxygen atoms in total. The Morgan fingerprint density at radius 2 is 2.00 bits per heavy atom. The van der Waals surface area contributed by atoms with Crippen LogP contribution in [-0.4, -0.2) is 32.1 Å². The van der Waals surface area contributed by atoms with Crippen molar-refractivity contribution < 1.29 is 13.5 Å². The second-order valence-electron chi connectivity index (χ2n) is 4.60. The quantitative estimate of drug-likeness (QED) is 0.644. The standard InChI is InChI=1S/C13H23NO3S3/c1-11-13(9-12(10-15)19-11)20(16,17)14-7-5-3-4-6-8-18-2/h9,14-15H,3-8,10H2,1-2H3. The lowest BCUT2D eigenvalue weighted by molar-refractivity contribution is 0.285. The molecule has 116 valence electrons. The average Bonchev–Trinajstić information content (AvgIpc) is 2.80. The fraction of sp³-hybridized carbons (Fsp3) is 0.692. The Hall–Kier alpha value is -0.0800. The Kier molecular flexibility index (Phi) is 8.13. The maximum absolute atomic E-state index is 12.1. The second-order valence-corrected chi connectivity index (χ2v) is 8.66. The molecule has 0 amide bonds. The van der Waals surface area contributed by atoms with Crippen LogP contribution < -0.4 is 4.72 Å². The molecule has 0 aliphatic carbocycles. The van der Waals surface area contributed by atoms with E-state index in [1.165, 1.54) is 23.5 Å². The molecule has 0 atom stereocenters. The zero-order chi connectivity index (χ0) is 15.0. The molecule has 0 aromatic carbocycles. The summed E-state index contributed by atoms with van der Waals surface area (Å²) in [6.45, 7) is 2.13. The molecular weight excluding hydrogens is 314 g/mol. The van der Waals surface area contributed by atoms with E-state index in [-0.39, 0.29) is 6.61 Å². The largest absolute Gasteiger partial charge is 0.391 e. The lowest BCUT2D eigenvalue weighted by Gasteiger charge is -2.06. The molecule has 0 unspecified atom stereocenters. The van der Waals surface area contributed by atoms with Crippen molar-refractivity contribution in [3.05, 3.63) is 15.8 Å². The van der Waals surface area contributed by atoms with Crippen molar-refractivity contribution in [3.8, 4) is 0 Å². The van der Waals surface area contributed by atoms with Gasteiger partial charge in [0.25, 0.3) is 0 Å². The number of thioether (sulfide) groups is 1. The zero-order valence-corrected chi connectivity index (χ0v) is 14.5. The molecule has 1 aromatic heterocycles. The van der Waals surface area contributed by atoms with Crippen molar-refractivity contribution in [1.29, 1.82) is 0 Å². The Bertz CT molecular complexity index is 497. The Morgan fingerprint density at radius 1 is 1.30 bits per heavy atom. The Morgan fingerprint density at radius 3 is 2.60 bits per heavy atom. The SMILES string of the molecule is CSCCCCCCNS(=O)(=O)c1cc(CO)sc1C. The summed E-state index contributed by atoms with van der Waals surface area (Å²) >= 11 is 3.16. The van der Waals surface area contributed by atoms with Gasteiger partial charge in [-0.2, -0.15) is 11.8 Å². The first-order valence-corrected chi connectivity index (χ1v) is 10.4. The first-order chi connectivity index (χ1) is 9.51. The highest BCUT2D eigenvalue weighted by molar-refractivity contribution is 7.98. The van der Waals surface area contributed by atoms with Crippen LogP contribution >= 0.6 is 23.1 Å². The van der Waals surface area contributed by atoms with E-state index in [1.807, 2.05) is 11.8 Å². The second kappa shape index (κ2) is 9.04. The van der Waals surface area contributed by atoms with Crippen LogP contribution in [0.5, 0.6) is 0 Å². The number of sulfonamides is 1. The molecule has 0 saturated carbocycles. The molecule has 7 heteroatoms. The molecule has 0 saturated heterocycles. The van der Waals surface area contributed by atoms with Gasteiger partial charge in [-0.1, -0.05) is 12.8 Å². The molecule has 1 heterocycles. The average molecular weight is 338 g/mol. The zero-order valence-electron chi connectivity index (χ0n) is 12.0. The minimum absolute atomic E-state index is 0.115. The minimum atomic E-state index is -3.43. The van der Waals surface area contributed by atoms with Crippen LogP contribution in [0.1, 0.15) is 35.4 Å². The van der Waals surface area contributed by atoms with Gasteiger partial charge in [-0.25, -0.2) is 13.1 Å². The first kappa shape index (κ1) is 18.0. The summed E-state index contributed by atoms with van der Waals surface area (Å²) in [6, 6.07) is 1.56. The molecule has 0 radical (unpaired) electrons. The molecule has 20 heavy (non-hydrogen) atoms. The van der Waals surface area contributed by atoms with Gasteiger partial charge in [0.2, 0.25) is 10.0 Å². The van der Waals surface area contributed by atoms with Gasteiger partial charge >= 0.3 is 0 Å². The first-order valence-electron chi connectivity index (χ1n) is 6.70. The summed E-state index contributed by atoms with van der Waals surface area (Å²) in [6.07, 6.45) is 6.35. The van der Waals surface area contributed by atoms with E-state index in [0.717, 1.165) is 24.1 Å². The predicted octanol–water partition coefficient (Wildman–Crippen LogP) is 2.75. The number of hydrogen-bond acceptors (Lipinski definition) is 5. The number of hydrogen-bond donors (Lipinski definition) is 2. The van der Waals surface area contributed by atoms with Gasteiger partial charge in [-0.05, 0) is 37.8 Å². The third kappa shape index (κ3) is 5.73. The highest BCUT2D eigenvalue weighted by Crippen LogP contribution is 2.25. The fourth-order valence-electron chi connectivity index (χ4n) is 1.88. The van der Waals surface area contributed by atoms with Crippen molar-refractivity contribution in [2.75, 3.05) is 18.6 Å². The molecule has 0 fully saturated rings. The number of rotatable bonds is 10. The van der Waals surface area contributed by atoms with E-state index >= 15 is 0 Å². The summed E-state index contributed by atoms with van der Waals surface area (Å²) in [5.74, 6) is 1.17. The third-order valence-electron chi connectivity index (χ3n) is 2.94. The van der Waals surface area contributed by atoms with Crippen LogP contribution in [-0.2, 0) is 16.6 Å². The monoisotopic (exact) mass is 337 g/mol. The highest BCUT2D eigenvalue weighted by Gasteiger charge is 2.18. The van der Waals surface area contributed by atoms with Crippen molar-refractivity contribution in [3.63, 3.8) is 0 Å². The molecule has 0 bridgehead atoms. The van der Waals surface area contributed by atoms with E-state index in [0.29, 0.717) is 16.3 Å². The van der Waals surface area contributed by atoms with Crippen LogP contribution in [0.25, 0.3) is 0 Å². The van der Waals surface area contributed by atoms with Crippen LogP contribution in [0, 0.1) is 6.92 Å². The van der Waals surface area contributed by atoms with Crippen molar-refractivity contribution in [2.45, 2.75) is 44.1 Å². The molecular formula is C13H23NO3S3. The normalized spacial score (nSPS) is 11.9. The van der Waals surface area contributed by atoms with E-state index in [1.54, 1.807) is 13.0 Å². The van der Waals surface area contributed by atoms with E-state index in [4.69, 9.17) is 5.11 Å². The summed E-state index contributed by atoms with van der Waals surface area (Å²) < 4.78 is 26.9. The van der Waals surface area contributed by atoms with Crippen molar-refractivity contribution in [1.82, 2.24) is 4.72 Å². The molecule has 1 rings (SSSR count). The van der Waals surface area contributed by atoms with E-state index < -0.39 is 10.0 Å². The van der Waals surface area contributed by atoms with Gasteiger partial charge in [0.15, 0.2) is 0 Å². The van der Waals surface area contributed by atoms with Gasteiger partial charge in [0.1, 0.15) is 0 Å². The Labute approximate surface area is 130 Å². The minimum Gasteiger partial charge on any atom is -0.391 e. The van der Waals surface area contributed by atoms with E-state index in [2.05, 4.69) is 11.0 Å². The molecule has 0 aliphatic rings. The predicted molar refractivity (Wildman–Crippen MR) is 87.0 cm³/mol. The maximum Gasteiger partial charge on any atom is 0.241 e. The summed E-state index contributed by atoms with van der Waals surface area (Å²) in [7, 11) is -3.43. The third-order valence-corrected chi connectivity index (χ3v) is 6.38. The van der Waals surface area contributed by atoms with E-state index in [9.17, 15) is 8.42 Å². The number of aliphatic hydroxyl groups is 1. The van der Waals surface area contributed by atoms with Crippen LogP contribution in [0.3, 0.4) is 0 Å². The van der Waals surface area contributed by atoms with Crippen LogP contribution in [0.2, 0.25) is 0 Å². The maximum atomic E-state index is 12.1. The van der Waals surface area contributed by atoms with Gasteiger partial charge in [-0.3, -0.25) is 0 Å². The number of aryl methyl sites for hydroxylation is 1. The molecule has 2 N–H and O–H groups in total. The Balaban J connectivity index is 2.40. The van der Waals surface area contributed by atoms with Crippen LogP contribution in [0.15, 0.2) is 11.0 Å². The van der Waals surface area contributed by atoms with Crippen molar-refractivity contribution in [2.24, 2.45) is 0 Å². The number of aliphatic hydroxyl groups excluding tert-OH is 1. The van der Waals surface area contributed by atoms with Gasteiger partial charge in [-0.15, -0.1) is 11.3 Å². The lowest BCUT2D eigenvalue weighted by atomic mass is 10.2. The van der Waals surface area contributed by atoms with Gasteiger partial charge in [0.05, 0.1) is 11.5 Å². The summed E-state index contributed by atoms with van der Waals surface area (Å²) in [5.41, 5.74) is 0. The number of nitrogens with one attached hydrogen (secondary N) is 1. The highest BCUT2D eigenvalue weighted by atomic mass is 32.2. The summed E-state index contributed by atoms with van der Waals surface area (Å²) in [5, 5.41) is 9.05. The molecule has 0 spiro atoms. The lowest BCUT2D eigenvalue weighted by Crippen LogP contribution is -2.24. The number of thiophene rings is 1. The summed E-state index contributed by atoms with van der Waals surface area (Å²) in [4.78, 5) is 1.70. The smallest absolute Gasteiger partial charge is 0.241 e. The van der Waals surface area contributed by atoms with Gasteiger partial charge in [0, 0.05) is 16.3 Å². The van der Waals surface area contributed by atoms with Gasteiger partial charge < -0.3 is 5.11 Å². The fourth-order valence-corrected chi connectivity index (χ4v) is 4.94. The number of unbranched alkanes of at least 4 members (excludes halogenated alkanes) is 3. The molecule has 0 aliphatic heterocycles. The van der Waals surface area contributed by atoms with Crippen molar-refractivity contribution >= 4 is 33.1 Å². The molecule has 1 aromatic rings. The topological polar surface area (TPSA) is 66.4 Å².